The van der Waals surface area contributed by atoms with E-state index in [0.717, 1.165) is 47.8 Å². The molecule has 0 radical (unpaired) electrons. The Hall–Kier alpha value is -2.22. The summed E-state index contributed by atoms with van der Waals surface area (Å²) in [5.41, 5.74) is 2.99. The van der Waals surface area contributed by atoms with E-state index in [0.29, 0.717) is 23.8 Å². The molecule has 2 heteroatoms. The molecule has 2 aromatic carbocycles. The second kappa shape index (κ2) is 9.29. The van der Waals surface area contributed by atoms with E-state index in [1.807, 2.05) is 18.2 Å². The fraction of sp³-hybridized carbons (Fsp3) is 0.429. The van der Waals surface area contributed by atoms with Crippen molar-refractivity contribution in [2.24, 2.45) is 17.8 Å². The van der Waals surface area contributed by atoms with Crippen LogP contribution in [-0.2, 0) is 6.42 Å². The van der Waals surface area contributed by atoms with Gasteiger partial charge >= 0.3 is 0 Å². The summed E-state index contributed by atoms with van der Waals surface area (Å²) in [5, 5.41) is 0. The number of fused-ring (bicyclic) bond motifs is 1. The van der Waals surface area contributed by atoms with Gasteiger partial charge in [-0.2, -0.15) is 0 Å². The molecule has 0 aromatic heterocycles. The molecule has 4 atom stereocenters. The maximum Gasteiger partial charge on any atom is 0.127 e. The topological polar surface area (TPSA) is 0 Å². The number of hydrogen-bond donors (Lipinski definition) is 0. The van der Waals surface area contributed by atoms with Crippen molar-refractivity contribution in [2.75, 3.05) is 0 Å². The zero-order valence-corrected chi connectivity index (χ0v) is 17.8. The molecule has 0 amide bonds. The number of halogens is 2. The van der Waals surface area contributed by atoms with Crippen LogP contribution in [-0.4, -0.2) is 0 Å². The number of benzene rings is 2. The van der Waals surface area contributed by atoms with Crippen molar-refractivity contribution in [1.82, 2.24) is 0 Å². The molecular formula is C28H32F2. The standard InChI is InChI=1S/C28H32F2/c1-3-5-6-20-9-10-23(17-27(20)29)24-13-14-26(28(30)18-24)25-12-11-21-15-19(4-2)7-8-22(21)16-25/h3-4,9-10,13-14,17-19,21-22,25H,1-2,5-8,11-12,15-16H2. The molecule has 2 aliphatic carbocycles. The minimum Gasteiger partial charge on any atom is -0.207 e. The summed E-state index contributed by atoms with van der Waals surface area (Å²) in [6, 6.07) is 10.7. The molecule has 2 aromatic rings. The summed E-state index contributed by atoms with van der Waals surface area (Å²) < 4.78 is 29.5. The third-order valence-electron chi connectivity index (χ3n) is 7.43. The highest BCUT2D eigenvalue weighted by Crippen LogP contribution is 2.48. The van der Waals surface area contributed by atoms with Crippen LogP contribution in [0.1, 0.15) is 62.0 Å². The van der Waals surface area contributed by atoms with Gasteiger partial charge in [0.25, 0.3) is 0 Å². The van der Waals surface area contributed by atoms with Crippen LogP contribution in [0.25, 0.3) is 11.1 Å². The maximum atomic E-state index is 15.1. The van der Waals surface area contributed by atoms with Crippen LogP contribution in [0.5, 0.6) is 0 Å². The summed E-state index contributed by atoms with van der Waals surface area (Å²) in [7, 11) is 0. The lowest BCUT2D eigenvalue weighted by atomic mass is 9.64. The minimum atomic E-state index is -0.229. The smallest absolute Gasteiger partial charge is 0.127 e. The average molecular weight is 407 g/mol. The summed E-state index contributed by atoms with van der Waals surface area (Å²) in [6.07, 6.45) is 12.4. The Morgan fingerprint density at radius 1 is 0.833 bits per heavy atom. The van der Waals surface area contributed by atoms with E-state index in [2.05, 4.69) is 19.2 Å². The van der Waals surface area contributed by atoms with E-state index < -0.39 is 0 Å². The van der Waals surface area contributed by atoms with Crippen molar-refractivity contribution in [1.29, 1.82) is 0 Å². The minimum absolute atomic E-state index is 0.146. The molecule has 2 aliphatic rings. The van der Waals surface area contributed by atoms with E-state index in [1.54, 1.807) is 18.2 Å². The van der Waals surface area contributed by atoms with E-state index >= 15 is 4.39 Å². The number of hydrogen-bond acceptors (Lipinski definition) is 0. The predicted octanol–water partition coefficient (Wildman–Crippen LogP) is 8.24. The largest absolute Gasteiger partial charge is 0.207 e. The molecule has 4 rings (SSSR count). The van der Waals surface area contributed by atoms with Gasteiger partial charge in [-0.15, -0.1) is 13.2 Å². The van der Waals surface area contributed by atoms with Gasteiger partial charge < -0.3 is 0 Å². The van der Waals surface area contributed by atoms with Crippen LogP contribution in [0.2, 0.25) is 0 Å². The van der Waals surface area contributed by atoms with Crippen LogP contribution in [0.15, 0.2) is 61.7 Å². The molecule has 2 fully saturated rings. The normalized spacial score (nSPS) is 26.1. The summed E-state index contributed by atoms with van der Waals surface area (Å²) in [5.74, 6) is 2.10. The van der Waals surface area contributed by atoms with E-state index in [1.165, 1.54) is 31.7 Å². The van der Waals surface area contributed by atoms with E-state index in [9.17, 15) is 4.39 Å². The van der Waals surface area contributed by atoms with Gasteiger partial charge in [-0.25, -0.2) is 8.78 Å². The third kappa shape index (κ3) is 4.43. The van der Waals surface area contributed by atoms with Gasteiger partial charge in [-0.1, -0.05) is 36.4 Å². The number of rotatable bonds is 6. The number of allylic oxidation sites excluding steroid dienone is 2. The molecule has 2 saturated carbocycles. The first-order chi connectivity index (χ1) is 14.6. The molecule has 30 heavy (non-hydrogen) atoms. The van der Waals surface area contributed by atoms with Crippen LogP contribution in [0.4, 0.5) is 8.78 Å². The highest BCUT2D eigenvalue weighted by Gasteiger charge is 2.35. The predicted molar refractivity (Wildman–Crippen MR) is 121 cm³/mol. The Balaban J connectivity index is 1.48. The third-order valence-corrected chi connectivity index (χ3v) is 7.43. The highest BCUT2D eigenvalue weighted by atomic mass is 19.1. The Labute approximate surface area is 179 Å². The van der Waals surface area contributed by atoms with Gasteiger partial charge in [0.15, 0.2) is 0 Å². The quantitative estimate of drug-likeness (QED) is 0.424. The van der Waals surface area contributed by atoms with Crippen LogP contribution < -0.4 is 0 Å². The molecule has 0 spiro atoms. The SMILES string of the molecule is C=CCCc1ccc(-c2ccc(C3CCC4CC(C=C)CCC4C3)c(F)c2)cc1F. The van der Waals surface area contributed by atoms with Crippen molar-refractivity contribution in [2.45, 2.75) is 57.3 Å². The van der Waals surface area contributed by atoms with Gasteiger partial charge in [-0.3, -0.25) is 0 Å². The van der Waals surface area contributed by atoms with Gasteiger partial charge in [0.05, 0.1) is 0 Å². The fourth-order valence-electron chi connectivity index (χ4n) is 5.65. The zero-order valence-electron chi connectivity index (χ0n) is 17.8. The van der Waals surface area contributed by atoms with Gasteiger partial charge in [-0.05, 0) is 109 Å². The Kier molecular flexibility index (Phi) is 6.51. The van der Waals surface area contributed by atoms with Gasteiger partial charge in [0.1, 0.15) is 11.6 Å². The molecule has 0 aliphatic heterocycles. The average Bonchev–Trinajstić information content (AvgIpc) is 2.77. The van der Waals surface area contributed by atoms with Gasteiger partial charge in [0.2, 0.25) is 0 Å². The molecular weight excluding hydrogens is 374 g/mol. The molecule has 0 heterocycles. The second-order valence-corrected chi connectivity index (χ2v) is 9.21. The van der Waals surface area contributed by atoms with Crippen molar-refractivity contribution >= 4 is 0 Å². The summed E-state index contributed by atoms with van der Waals surface area (Å²) >= 11 is 0. The lowest BCUT2D eigenvalue weighted by Crippen LogP contribution is -2.30. The molecule has 0 saturated heterocycles. The molecule has 0 bridgehead atoms. The Morgan fingerprint density at radius 3 is 2.23 bits per heavy atom. The molecule has 0 N–H and O–H groups in total. The Bertz CT molecular complexity index is 913. The lowest BCUT2D eigenvalue weighted by Gasteiger charge is -2.41. The number of aryl methyl sites for hydroxylation is 1. The van der Waals surface area contributed by atoms with Crippen molar-refractivity contribution in [3.8, 4) is 11.1 Å². The Morgan fingerprint density at radius 2 is 1.53 bits per heavy atom. The first-order valence-corrected chi connectivity index (χ1v) is 11.4. The fourth-order valence-corrected chi connectivity index (χ4v) is 5.65. The van der Waals surface area contributed by atoms with Crippen molar-refractivity contribution in [3.63, 3.8) is 0 Å². The van der Waals surface area contributed by atoms with Gasteiger partial charge in [0, 0.05) is 0 Å². The molecule has 4 unspecified atom stereocenters. The lowest BCUT2D eigenvalue weighted by molar-refractivity contribution is 0.132. The van der Waals surface area contributed by atoms with Crippen molar-refractivity contribution < 1.29 is 8.78 Å². The summed E-state index contributed by atoms with van der Waals surface area (Å²) in [6.45, 7) is 7.66. The first-order valence-electron chi connectivity index (χ1n) is 11.4. The summed E-state index contributed by atoms with van der Waals surface area (Å²) in [4.78, 5) is 0. The second-order valence-electron chi connectivity index (χ2n) is 9.21. The highest BCUT2D eigenvalue weighted by molar-refractivity contribution is 5.64. The van der Waals surface area contributed by atoms with E-state index in [4.69, 9.17) is 0 Å². The first kappa shape index (κ1) is 21.0. The van der Waals surface area contributed by atoms with Crippen LogP contribution in [0, 0.1) is 29.4 Å². The monoisotopic (exact) mass is 406 g/mol. The maximum absolute atomic E-state index is 15.1. The van der Waals surface area contributed by atoms with Crippen LogP contribution >= 0.6 is 0 Å². The van der Waals surface area contributed by atoms with Crippen LogP contribution in [0.3, 0.4) is 0 Å². The van der Waals surface area contributed by atoms with E-state index in [-0.39, 0.29) is 11.6 Å². The van der Waals surface area contributed by atoms with Crippen molar-refractivity contribution in [3.05, 3.63) is 84.5 Å². The molecule has 0 nitrogen and oxygen atoms in total. The molecule has 158 valence electrons. The zero-order chi connectivity index (χ0) is 21.1.